The van der Waals surface area contributed by atoms with Crippen LogP contribution in [0.4, 0.5) is 10.1 Å². The smallest absolute Gasteiger partial charge is 0.291 e. The molecule has 0 atom stereocenters. The fourth-order valence-electron chi connectivity index (χ4n) is 4.05. The highest BCUT2D eigenvalue weighted by Crippen LogP contribution is 2.27. The Labute approximate surface area is 174 Å². The fraction of sp³-hybridized carbons (Fsp3) is 0.333. The van der Waals surface area contributed by atoms with Gasteiger partial charge in [0.25, 0.3) is 11.8 Å². The Bertz CT molecular complexity index is 1110. The Morgan fingerprint density at radius 3 is 2.50 bits per heavy atom. The number of hydrogen-bond donors (Lipinski definition) is 2. The quantitative estimate of drug-likeness (QED) is 0.598. The molecule has 1 fully saturated rings. The Hall–Kier alpha value is -3.15. The lowest BCUT2D eigenvalue weighted by Gasteiger charge is -2.23. The summed E-state index contributed by atoms with van der Waals surface area (Å²) in [7, 11) is 0. The molecule has 2 aromatic carbocycles. The molecule has 1 aliphatic carbocycles. The van der Waals surface area contributed by atoms with Gasteiger partial charge in [-0.15, -0.1) is 0 Å². The van der Waals surface area contributed by atoms with E-state index in [-0.39, 0.29) is 23.5 Å². The van der Waals surface area contributed by atoms with Gasteiger partial charge in [0.05, 0.1) is 0 Å². The third kappa shape index (κ3) is 4.08. The van der Waals surface area contributed by atoms with E-state index in [1.165, 1.54) is 24.6 Å². The van der Waals surface area contributed by atoms with E-state index < -0.39 is 5.91 Å². The minimum Gasteiger partial charge on any atom is -0.451 e. The van der Waals surface area contributed by atoms with E-state index in [1.807, 2.05) is 6.92 Å². The first-order valence-electron chi connectivity index (χ1n) is 10.3. The van der Waals surface area contributed by atoms with Gasteiger partial charge in [0.15, 0.2) is 5.76 Å². The number of halogens is 1. The van der Waals surface area contributed by atoms with Gasteiger partial charge in [0.1, 0.15) is 11.4 Å². The van der Waals surface area contributed by atoms with Gasteiger partial charge in [-0.3, -0.25) is 9.59 Å². The largest absolute Gasteiger partial charge is 0.451 e. The first-order valence-corrected chi connectivity index (χ1v) is 10.3. The topological polar surface area (TPSA) is 71.3 Å². The summed E-state index contributed by atoms with van der Waals surface area (Å²) in [4.78, 5) is 25.3. The molecule has 0 bridgehead atoms. The van der Waals surface area contributed by atoms with E-state index in [1.54, 1.807) is 25.1 Å². The second-order valence-corrected chi connectivity index (χ2v) is 7.99. The number of nitrogens with one attached hydrogen (secondary N) is 2. The average Bonchev–Trinajstić information content (AvgIpc) is 3.06. The van der Waals surface area contributed by atoms with Crippen molar-refractivity contribution in [2.45, 2.75) is 52.0 Å². The molecule has 0 spiro atoms. The van der Waals surface area contributed by atoms with Crippen LogP contribution in [-0.2, 0) is 0 Å². The van der Waals surface area contributed by atoms with Crippen molar-refractivity contribution < 1.29 is 18.4 Å². The number of carbonyl (C=O) groups is 2. The number of carbonyl (C=O) groups excluding carboxylic acids is 2. The molecule has 2 amide bonds. The molecule has 0 saturated heterocycles. The minimum atomic E-state index is -0.411. The Kier molecular flexibility index (Phi) is 5.57. The van der Waals surface area contributed by atoms with Crippen molar-refractivity contribution in [3.63, 3.8) is 0 Å². The molecule has 0 unspecified atom stereocenters. The molecule has 30 heavy (non-hydrogen) atoms. The number of hydrogen-bond acceptors (Lipinski definition) is 3. The summed E-state index contributed by atoms with van der Waals surface area (Å²) in [5.41, 5.74) is 3.00. The number of anilines is 1. The normalized spacial score (nSPS) is 14.6. The van der Waals surface area contributed by atoms with Crippen LogP contribution < -0.4 is 10.6 Å². The molecular weight excluding hydrogens is 383 g/mol. The molecule has 0 radical (unpaired) electrons. The Balaban J connectivity index is 1.49. The lowest BCUT2D eigenvalue weighted by Crippen LogP contribution is -2.36. The molecule has 5 nitrogen and oxygen atoms in total. The van der Waals surface area contributed by atoms with Gasteiger partial charge in [0.2, 0.25) is 0 Å². The summed E-state index contributed by atoms with van der Waals surface area (Å²) in [6, 6.07) is 9.62. The second kappa shape index (κ2) is 8.30. The maximum absolute atomic E-state index is 13.5. The molecule has 1 heterocycles. The number of amides is 2. The van der Waals surface area contributed by atoms with Crippen LogP contribution in [0, 0.1) is 19.7 Å². The minimum absolute atomic E-state index is 0.0852. The van der Waals surface area contributed by atoms with Gasteiger partial charge in [-0.2, -0.15) is 0 Å². The van der Waals surface area contributed by atoms with Crippen molar-refractivity contribution >= 4 is 28.5 Å². The summed E-state index contributed by atoms with van der Waals surface area (Å²) in [6.07, 6.45) is 5.60. The first-order chi connectivity index (χ1) is 14.4. The van der Waals surface area contributed by atoms with E-state index in [0.29, 0.717) is 27.8 Å². The Morgan fingerprint density at radius 2 is 1.77 bits per heavy atom. The van der Waals surface area contributed by atoms with Gasteiger partial charge >= 0.3 is 0 Å². The summed E-state index contributed by atoms with van der Waals surface area (Å²) in [5, 5.41) is 6.51. The Morgan fingerprint density at radius 1 is 1.00 bits per heavy atom. The molecule has 1 aliphatic rings. The van der Waals surface area contributed by atoms with Crippen LogP contribution in [0.15, 0.2) is 40.8 Å². The number of aryl methyl sites for hydroxylation is 2. The predicted octanol–water partition coefficient (Wildman–Crippen LogP) is 5.50. The summed E-state index contributed by atoms with van der Waals surface area (Å²) in [5.74, 6) is -0.727. The van der Waals surface area contributed by atoms with Crippen LogP contribution >= 0.6 is 0 Å². The number of furan rings is 1. The van der Waals surface area contributed by atoms with Gasteiger partial charge in [-0.25, -0.2) is 4.39 Å². The predicted molar refractivity (Wildman–Crippen MR) is 114 cm³/mol. The van der Waals surface area contributed by atoms with Crippen molar-refractivity contribution in [3.8, 4) is 0 Å². The standard InChI is InChI=1S/C24H25FN2O3/c1-14-12-16(23(28)26-18-6-4-3-5-7-18)8-10-20(14)27-24(29)22-15(2)19-13-17(25)9-11-21(19)30-22/h8-13,18H,3-7H2,1-2H3,(H,26,28)(H,27,29). The van der Waals surface area contributed by atoms with Crippen LogP contribution in [0.3, 0.4) is 0 Å². The van der Waals surface area contributed by atoms with Gasteiger partial charge in [-0.1, -0.05) is 19.3 Å². The monoisotopic (exact) mass is 408 g/mol. The molecule has 1 saturated carbocycles. The molecule has 2 N–H and O–H groups in total. The van der Waals surface area contributed by atoms with Gasteiger partial charge in [0, 0.05) is 28.2 Å². The molecule has 1 aromatic heterocycles. The SMILES string of the molecule is Cc1cc(C(=O)NC2CCCCC2)ccc1NC(=O)c1oc2ccc(F)cc2c1C. The van der Waals surface area contributed by atoms with E-state index in [0.717, 1.165) is 31.2 Å². The zero-order valence-electron chi connectivity index (χ0n) is 17.2. The van der Waals surface area contributed by atoms with Gasteiger partial charge in [-0.05, 0) is 68.7 Å². The second-order valence-electron chi connectivity index (χ2n) is 7.99. The molecule has 4 rings (SSSR count). The maximum atomic E-state index is 13.5. The molecule has 156 valence electrons. The fourth-order valence-corrected chi connectivity index (χ4v) is 4.05. The zero-order valence-corrected chi connectivity index (χ0v) is 17.2. The lowest BCUT2D eigenvalue weighted by molar-refractivity contribution is 0.0927. The molecule has 0 aliphatic heterocycles. The summed E-state index contributed by atoms with van der Waals surface area (Å²) >= 11 is 0. The van der Waals surface area contributed by atoms with Crippen LogP contribution in [0.25, 0.3) is 11.0 Å². The molecule has 3 aromatic rings. The van der Waals surface area contributed by atoms with E-state index in [9.17, 15) is 14.0 Å². The van der Waals surface area contributed by atoms with Crippen LogP contribution in [-0.4, -0.2) is 17.9 Å². The zero-order chi connectivity index (χ0) is 21.3. The summed E-state index contributed by atoms with van der Waals surface area (Å²) < 4.78 is 19.1. The van der Waals surface area contributed by atoms with Crippen LogP contribution in [0.2, 0.25) is 0 Å². The van der Waals surface area contributed by atoms with E-state index in [4.69, 9.17) is 4.42 Å². The van der Waals surface area contributed by atoms with Crippen LogP contribution in [0.1, 0.15) is 64.1 Å². The van der Waals surface area contributed by atoms with Crippen molar-refractivity contribution in [2.24, 2.45) is 0 Å². The third-order valence-electron chi connectivity index (χ3n) is 5.78. The third-order valence-corrected chi connectivity index (χ3v) is 5.78. The van der Waals surface area contributed by atoms with Crippen molar-refractivity contribution in [1.82, 2.24) is 5.32 Å². The van der Waals surface area contributed by atoms with E-state index in [2.05, 4.69) is 10.6 Å². The van der Waals surface area contributed by atoms with Crippen molar-refractivity contribution in [2.75, 3.05) is 5.32 Å². The van der Waals surface area contributed by atoms with Crippen LogP contribution in [0.5, 0.6) is 0 Å². The highest BCUT2D eigenvalue weighted by atomic mass is 19.1. The van der Waals surface area contributed by atoms with Crippen molar-refractivity contribution in [1.29, 1.82) is 0 Å². The van der Waals surface area contributed by atoms with Gasteiger partial charge < -0.3 is 15.1 Å². The maximum Gasteiger partial charge on any atom is 0.291 e. The van der Waals surface area contributed by atoms with Crippen molar-refractivity contribution in [3.05, 3.63) is 64.7 Å². The van der Waals surface area contributed by atoms with E-state index >= 15 is 0 Å². The molecular formula is C24H25FN2O3. The highest BCUT2D eigenvalue weighted by Gasteiger charge is 2.20. The average molecular weight is 408 g/mol. The lowest BCUT2D eigenvalue weighted by atomic mass is 9.95. The number of rotatable bonds is 4. The first kappa shape index (κ1) is 20.1. The number of fused-ring (bicyclic) bond motifs is 1. The summed E-state index contributed by atoms with van der Waals surface area (Å²) in [6.45, 7) is 3.57. The molecule has 6 heteroatoms. The number of benzene rings is 2. The highest BCUT2D eigenvalue weighted by molar-refractivity contribution is 6.07.